The van der Waals surface area contributed by atoms with Gasteiger partial charge in [-0.05, 0) is 19.4 Å². The van der Waals surface area contributed by atoms with E-state index in [-0.39, 0.29) is 6.42 Å². The van der Waals surface area contributed by atoms with E-state index in [1.54, 1.807) is 0 Å². The van der Waals surface area contributed by atoms with Crippen LogP contribution in [0.15, 0.2) is 0 Å². The van der Waals surface area contributed by atoms with Gasteiger partial charge in [-0.3, -0.25) is 9.59 Å². The Balaban J connectivity index is 3.60. The third-order valence-corrected chi connectivity index (χ3v) is 6.10. The van der Waals surface area contributed by atoms with Crippen LogP contribution < -0.4 is 5.32 Å². The number of esters is 1. The fourth-order valence-electron chi connectivity index (χ4n) is 3.96. The third-order valence-electron chi connectivity index (χ3n) is 6.10. The molecule has 32 heavy (non-hydrogen) atoms. The molecule has 0 radical (unpaired) electrons. The quantitative estimate of drug-likeness (QED) is 0.111. The van der Waals surface area contributed by atoms with Gasteiger partial charge in [0.1, 0.15) is 6.04 Å². The number of unbranched alkanes of at least 4 members (excludes halogenated alkanes) is 17. The largest absolute Gasteiger partial charge is 0.480 e. The molecule has 0 amide bonds. The maximum atomic E-state index is 12.0. The Hall–Kier alpha value is -1.10. The van der Waals surface area contributed by atoms with Crippen LogP contribution in [0.4, 0.5) is 0 Å². The molecule has 190 valence electrons. The van der Waals surface area contributed by atoms with E-state index in [1.165, 1.54) is 96.3 Å². The van der Waals surface area contributed by atoms with Gasteiger partial charge in [-0.25, -0.2) is 0 Å². The van der Waals surface area contributed by atoms with Gasteiger partial charge in [0, 0.05) is 0 Å². The Morgan fingerprint density at radius 3 is 1.50 bits per heavy atom. The minimum Gasteiger partial charge on any atom is -0.480 e. The first kappa shape index (κ1) is 30.9. The van der Waals surface area contributed by atoms with Gasteiger partial charge < -0.3 is 15.2 Å². The van der Waals surface area contributed by atoms with Gasteiger partial charge in [-0.1, -0.05) is 123 Å². The molecule has 0 aliphatic heterocycles. The van der Waals surface area contributed by atoms with Gasteiger partial charge in [0.25, 0.3) is 0 Å². The highest BCUT2D eigenvalue weighted by Gasteiger charge is 2.21. The van der Waals surface area contributed by atoms with Crippen molar-refractivity contribution >= 4 is 11.9 Å². The zero-order chi connectivity index (χ0) is 23.7. The van der Waals surface area contributed by atoms with Gasteiger partial charge in [-0.15, -0.1) is 0 Å². The second kappa shape index (κ2) is 24.5. The predicted molar refractivity (Wildman–Crippen MR) is 134 cm³/mol. The molecule has 0 aromatic carbocycles. The molecular weight excluding hydrogens is 402 g/mol. The van der Waals surface area contributed by atoms with E-state index in [4.69, 9.17) is 4.74 Å². The van der Waals surface area contributed by atoms with Crippen molar-refractivity contribution in [1.82, 2.24) is 5.32 Å². The molecule has 0 aromatic heterocycles. The summed E-state index contributed by atoms with van der Waals surface area (Å²) < 4.78 is 5.24. The van der Waals surface area contributed by atoms with Crippen LogP contribution >= 0.6 is 0 Å². The Labute approximate surface area is 198 Å². The van der Waals surface area contributed by atoms with Gasteiger partial charge >= 0.3 is 11.9 Å². The molecular formula is C27H53NO4. The minimum absolute atomic E-state index is 0.0929. The van der Waals surface area contributed by atoms with Gasteiger partial charge in [-0.2, -0.15) is 0 Å². The molecule has 0 spiro atoms. The molecule has 5 nitrogen and oxygen atoms in total. The van der Waals surface area contributed by atoms with Gasteiger partial charge in [0.2, 0.25) is 0 Å². The molecule has 2 N–H and O–H groups in total. The number of carboxylic acids is 1. The molecule has 1 atom stereocenters. The molecule has 0 rings (SSSR count). The summed E-state index contributed by atoms with van der Waals surface area (Å²) in [5, 5.41) is 12.4. The minimum atomic E-state index is -0.975. The number of carbonyl (C=O) groups is 2. The second-order valence-corrected chi connectivity index (χ2v) is 9.28. The number of carboxylic acid groups (broad SMARTS) is 1. The number of ether oxygens (including phenoxy) is 1. The summed E-state index contributed by atoms with van der Waals surface area (Å²) in [4.78, 5) is 23.4. The zero-order valence-corrected chi connectivity index (χ0v) is 21.3. The van der Waals surface area contributed by atoms with Crippen molar-refractivity contribution in [2.45, 2.75) is 148 Å². The lowest BCUT2D eigenvalue weighted by atomic mass is 10.1. The number of rotatable bonds is 25. The van der Waals surface area contributed by atoms with E-state index in [9.17, 15) is 14.7 Å². The summed E-state index contributed by atoms with van der Waals surface area (Å²) in [6.45, 7) is 5.51. The Morgan fingerprint density at radius 1 is 0.656 bits per heavy atom. The lowest BCUT2D eigenvalue weighted by Gasteiger charge is -2.14. The molecule has 0 aliphatic rings. The zero-order valence-electron chi connectivity index (χ0n) is 21.3. The molecule has 0 saturated heterocycles. The summed E-state index contributed by atoms with van der Waals surface area (Å²) in [7, 11) is 0. The molecule has 0 aromatic rings. The highest BCUT2D eigenvalue weighted by Crippen LogP contribution is 2.11. The van der Waals surface area contributed by atoms with E-state index in [2.05, 4.69) is 19.2 Å². The van der Waals surface area contributed by atoms with Crippen molar-refractivity contribution in [3.05, 3.63) is 0 Å². The lowest BCUT2D eigenvalue weighted by Crippen LogP contribution is -2.39. The number of hydrogen-bond acceptors (Lipinski definition) is 4. The van der Waals surface area contributed by atoms with Crippen molar-refractivity contribution in [3.8, 4) is 0 Å². The predicted octanol–water partition coefficient (Wildman–Crippen LogP) is 7.41. The summed E-state index contributed by atoms with van der Waals surface area (Å²) in [6.07, 6.45) is 23.4. The van der Waals surface area contributed by atoms with Crippen LogP contribution in [0.2, 0.25) is 0 Å². The van der Waals surface area contributed by atoms with Gasteiger partial charge in [0.15, 0.2) is 0 Å². The third kappa shape index (κ3) is 22.1. The topological polar surface area (TPSA) is 75.6 Å². The van der Waals surface area contributed by atoms with Crippen LogP contribution in [0.25, 0.3) is 0 Å². The first-order chi connectivity index (χ1) is 15.6. The fourth-order valence-corrected chi connectivity index (χ4v) is 3.96. The smallest absolute Gasteiger partial charge is 0.321 e. The maximum absolute atomic E-state index is 12.0. The first-order valence-corrected chi connectivity index (χ1v) is 13.7. The van der Waals surface area contributed by atoms with Crippen LogP contribution in [0.5, 0.6) is 0 Å². The van der Waals surface area contributed by atoms with E-state index < -0.39 is 18.0 Å². The number of hydrogen-bond donors (Lipinski definition) is 2. The summed E-state index contributed by atoms with van der Waals surface area (Å²) in [6, 6.07) is -0.843. The van der Waals surface area contributed by atoms with Crippen molar-refractivity contribution in [2.75, 3.05) is 13.2 Å². The highest BCUT2D eigenvalue weighted by molar-refractivity contribution is 5.81. The fraction of sp³-hybridized carbons (Fsp3) is 0.926. The van der Waals surface area contributed by atoms with Crippen molar-refractivity contribution in [3.63, 3.8) is 0 Å². The van der Waals surface area contributed by atoms with Gasteiger partial charge in [0.05, 0.1) is 13.0 Å². The normalized spacial score (nSPS) is 12.1. The SMILES string of the molecule is CCCCCCCCCCCCCNC(CC(=O)OCCCCCCCCCC)C(=O)O. The highest BCUT2D eigenvalue weighted by atomic mass is 16.5. The number of carbonyl (C=O) groups excluding carboxylic acids is 1. The molecule has 0 aliphatic carbocycles. The van der Waals surface area contributed by atoms with Crippen LogP contribution in [0.3, 0.4) is 0 Å². The van der Waals surface area contributed by atoms with Crippen LogP contribution in [-0.4, -0.2) is 36.2 Å². The summed E-state index contributed by atoms with van der Waals surface area (Å²) in [5.41, 5.74) is 0. The molecule has 0 fully saturated rings. The Kier molecular flexibility index (Phi) is 23.7. The van der Waals surface area contributed by atoms with E-state index in [0.717, 1.165) is 25.7 Å². The average molecular weight is 456 g/mol. The maximum Gasteiger partial charge on any atom is 0.321 e. The molecule has 5 heteroatoms. The monoisotopic (exact) mass is 455 g/mol. The summed E-state index contributed by atoms with van der Waals surface area (Å²) in [5.74, 6) is -1.39. The second-order valence-electron chi connectivity index (χ2n) is 9.28. The lowest BCUT2D eigenvalue weighted by molar-refractivity contribution is -0.149. The molecule has 0 saturated carbocycles. The van der Waals surface area contributed by atoms with E-state index in [1.807, 2.05) is 0 Å². The Morgan fingerprint density at radius 2 is 1.06 bits per heavy atom. The Bertz CT molecular complexity index is 428. The van der Waals surface area contributed by atoms with Crippen LogP contribution in [-0.2, 0) is 14.3 Å². The van der Waals surface area contributed by atoms with E-state index >= 15 is 0 Å². The molecule has 1 unspecified atom stereocenters. The van der Waals surface area contributed by atoms with Crippen molar-refractivity contribution < 1.29 is 19.4 Å². The molecule has 0 bridgehead atoms. The van der Waals surface area contributed by atoms with Crippen molar-refractivity contribution in [2.24, 2.45) is 0 Å². The van der Waals surface area contributed by atoms with Crippen LogP contribution in [0.1, 0.15) is 142 Å². The number of nitrogens with one attached hydrogen (secondary N) is 1. The van der Waals surface area contributed by atoms with E-state index in [0.29, 0.717) is 13.2 Å². The standard InChI is InChI=1S/C27H53NO4/c1-3-5-7-9-11-13-14-15-16-18-20-22-28-25(27(30)31)24-26(29)32-23-21-19-17-12-10-8-6-4-2/h25,28H,3-24H2,1-2H3,(H,30,31). The average Bonchev–Trinajstić information content (AvgIpc) is 2.77. The number of aliphatic carboxylic acids is 1. The molecule has 0 heterocycles. The first-order valence-electron chi connectivity index (χ1n) is 13.7. The van der Waals surface area contributed by atoms with Crippen molar-refractivity contribution in [1.29, 1.82) is 0 Å². The summed E-state index contributed by atoms with van der Waals surface area (Å²) >= 11 is 0. The van der Waals surface area contributed by atoms with Crippen LogP contribution in [0, 0.1) is 0 Å².